The number of hydrogen-bond acceptors (Lipinski definition) is 4. The molecule has 0 aromatic heterocycles. The standard InChI is InChI=1S/C16H31N3O3/c1-2-17-15(18-8-3-9-22-12-14-4-5-14)19-13-16(20)6-10-21-11-7-16/h14,20H,2-13H2,1H3,(H2,17,18,19). The second kappa shape index (κ2) is 9.33. The Hall–Kier alpha value is -0.850. The van der Waals surface area contributed by atoms with Gasteiger partial charge in [0.25, 0.3) is 0 Å². The Morgan fingerprint density at radius 1 is 1.32 bits per heavy atom. The van der Waals surface area contributed by atoms with Crippen molar-refractivity contribution in [3.05, 3.63) is 0 Å². The lowest BCUT2D eigenvalue weighted by Crippen LogP contribution is -2.42. The molecule has 22 heavy (non-hydrogen) atoms. The van der Waals surface area contributed by atoms with Crippen molar-refractivity contribution < 1.29 is 14.6 Å². The molecule has 3 N–H and O–H groups in total. The highest BCUT2D eigenvalue weighted by molar-refractivity contribution is 5.79. The number of hydrogen-bond donors (Lipinski definition) is 3. The molecule has 0 atom stereocenters. The van der Waals surface area contributed by atoms with E-state index in [1.165, 1.54) is 12.8 Å². The van der Waals surface area contributed by atoms with Gasteiger partial charge >= 0.3 is 0 Å². The number of aliphatic hydroxyl groups is 1. The van der Waals surface area contributed by atoms with Gasteiger partial charge in [0.05, 0.1) is 12.1 Å². The van der Waals surface area contributed by atoms with Crippen molar-refractivity contribution in [1.29, 1.82) is 0 Å². The average molecular weight is 313 g/mol. The Morgan fingerprint density at radius 3 is 2.77 bits per heavy atom. The van der Waals surface area contributed by atoms with E-state index < -0.39 is 5.60 Å². The van der Waals surface area contributed by atoms with Crippen molar-refractivity contribution >= 4 is 5.96 Å². The number of aliphatic imine (C=N–C) groups is 1. The Bertz CT molecular complexity index is 340. The summed E-state index contributed by atoms with van der Waals surface area (Å²) < 4.78 is 10.9. The first kappa shape index (κ1) is 17.5. The zero-order chi connectivity index (χ0) is 15.7. The Labute approximate surface area is 133 Å². The summed E-state index contributed by atoms with van der Waals surface area (Å²) in [5, 5.41) is 16.9. The minimum atomic E-state index is -0.714. The lowest BCUT2D eigenvalue weighted by atomic mass is 9.95. The van der Waals surface area contributed by atoms with Gasteiger partial charge in [0.1, 0.15) is 0 Å². The van der Waals surface area contributed by atoms with Gasteiger partial charge in [0.15, 0.2) is 5.96 Å². The highest BCUT2D eigenvalue weighted by Crippen LogP contribution is 2.28. The summed E-state index contributed by atoms with van der Waals surface area (Å²) in [5.74, 6) is 1.59. The number of ether oxygens (including phenoxy) is 2. The molecule has 1 heterocycles. The van der Waals surface area contributed by atoms with Crippen LogP contribution in [0.2, 0.25) is 0 Å². The monoisotopic (exact) mass is 313 g/mol. The molecule has 1 aliphatic heterocycles. The van der Waals surface area contributed by atoms with Crippen LogP contribution in [0.15, 0.2) is 4.99 Å². The molecule has 0 amide bonds. The van der Waals surface area contributed by atoms with E-state index in [1.54, 1.807) is 0 Å². The molecule has 2 fully saturated rings. The third-order valence-electron chi connectivity index (χ3n) is 4.11. The maximum atomic E-state index is 10.4. The Kier molecular flexibility index (Phi) is 7.42. The zero-order valence-electron chi connectivity index (χ0n) is 13.8. The molecule has 128 valence electrons. The summed E-state index contributed by atoms with van der Waals surface area (Å²) in [4.78, 5) is 4.51. The number of nitrogens with one attached hydrogen (secondary N) is 2. The van der Waals surface area contributed by atoms with Gasteiger partial charge in [-0.3, -0.25) is 4.99 Å². The number of guanidine groups is 1. The normalized spacial score (nSPS) is 21.6. The topological polar surface area (TPSA) is 75.1 Å². The predicted octanol–water partition coefficient (Wildman–Crippen LogP) is 0.900. The minimum absolute atomic E-state index is 0.421. The summed E-state index contributed by atoms with van der Waals surface area (Å²) in [5.41, 5.74) is -0.714. The van der Waals surface area contributed by atoms with Crippen molar-refractivity contribution in [3.8, 4) is 0 Å². The molecule has 0 radical (unpaired) electrons. The van der Waals surface area contributed by atoms with Gasteiger partial charge in [-0.25, -0.2) is 0 Å². The molecule has 0 aromatic carbocycles. The van der Waals surface area contributed by atoms with Crippen molar-refractivity contribution in [2.24, 2.45) is 10.9 Å². The van der Waals surface area contributed by atoms with Crippen molar-refractivity contribution in [1.82, 2.24) is 10.6 Å². The smallest absolute Gasteiger partial charge is 0.191 e. The third-order valence-corrected chi connectivity index (χ3v) is 4.11. The van der Waals surface area contributed by atoms with Crippen LogP contribution >= 0.6 is 0 Å². The number of rotatable bonds is 9. The van der Waals surface area contributed by atoms with Gasteiger partial charge < -0.3 is 25.2 Å². The molecule has 2 rings (SSSR count). The predicted molar refractivity (Wildman–Crippen MR) is 87.1 cm³/mol. The Morgan fingerprint density at radius 2 is 2.09 bits per heavy atom. The molecular formula is C16H31N3O3. The lowest BCUT2D eigenvalue weighted by Gasteiger charge is -2.30. The average Bonchev–Trinajstić information content (AvgIpc) is 3.33. The maximum absolute atomic E-state index is 10.4. The SMILES string of the molecule is CCNC(=NCC1(O)CCOCC1)NCCCOCC1CC1. The van der Waals surface area contributed by atoms with Crippen LogP contribution in [0.5, 0.6) is 0 Å². The van der Waals surface area contributed by atoms with Crippen LogP contribution in [-0.2, 0) is 9.47 Å². The van der Waals surface area contributed by atoms with Gasteiger partial charge in [-0.05, 0) is 32.1 Å². The number of nitrogens with zero attached hydrogens (tertiary/aromatic N) is 1. The summed E-state index contributed by atoms with van der Waals surface area (Å²) in [6.07, 6.45) is 4.96. The van der Waals surface area contributed by atoms with Gasteiger partial charge in [0.2, 0.25) is 0 Å². The zero-order valence-corrected chi connectivity index (χ0v) is 13.8. The molecule has 1 saturated carbocycles. The van der Waals surface area contributed by atoms with E-state index in [-0.39, 0.29) is 0 Å². The first-order valence-electron chi connectivity index (χ1n) is 8.62. The molecule has 0 unspecified atom stereocenters. The van der Waals surface area contributed by atoms with Crippen molar-refractivity contribution in [3.63, 3.8) is 0 Å². The van der Waals surface area contributed by atoms with E-state index in [0.717, 1.165) is 44.6 Å². The Balaban J connectivity index is 1.62. The van der Waals surface area contributed by atoms with E-state index in [4.69, 9.17) is 9.47 Å². The quantitative estimate of drug-likeness (QED) is 0.335. The van der Waals surface area contributed by atoms with E-state index in [2.05, 4.69) is 15.6 Å². The molecule has 0 bridgehead atoms. The summed E-state index contributed by atoms with van der Waals surface area (Å²) in [7, 11) is 0. The third kappa shape index (κ3) is 6.94. The lowest BCUT2D eigenvalue weighted by molar-refractivity contribution is -0.0565. The molecule has 1 aliphatic carbocycles. The van der Waals surface area contributed by atoms with Crippen LogP contribution in [0.3, 0.4) is 0 Å². The van der Waals surface area contributed by atoms with E-state index in [9.17, 15) is 5.11 Å². The molecule has 1 saturated heterocycles. The second-order valence-corrected chi connectivity index (χ2v) is 6.33. The maximum Gasteiger partial charge on any atom is 0.191 e. The molecule has 0 spiro atoms. The van der Waals surface area contributed by atoms with E-state index >= 15 is 0 Å². The molecular weight excluding hydrogens is 282 g/mol. The highest BCUT2D eigenvalue weighted by atomic mass is 16.5. The van der Waals surface area contributed by atoms with E-state index in [0.29, 0.717) is 32.6 Å². The van der Waals surface area contributed by atoms with Gasteiger partial charge in [0, 0.05) is 52.4 Å². The van der Waals surface area contributed by atoms with Gasteiger partial charge in [-0.1, -0.05) is 0 Å². The fourth-order valence-corrected chi connectivity index (χ4v) is 2.39. The molecule has 2 aliphatic rings. The molecule has 6 nitrogen and oxygen atoms in total. The van der Waals surface area contributed by atoms with Gasteiger partial charge in [-0.2, -0.15) is 0 Å². The summed E-state index contributed by atoms with van der Waals surface area (Å²) >= 11 is 0. The molecule has 0 aromatic rings. The van der Waals surface area contributed by atoms with Crippen LogP contribution in [0.25, 0.3) is 0 Å². The van der Waals surface area contributed by atoms with Crippen molar-refractivity contribution in [2.75, 3.05) is 46.1 Å². The van der Waals surface area contributed by atoms with Crippen LogP contribution in [0.1, 0.15) is 39.0 Å². The van der Waals surface area contributed by atoms with Crippen LogP contribution in [0.4, 0.5) is 0 Å². The van der Waals surface area contributed by atoms with Crippen LogP contribution < -0.4 is 10.6 Å². The van der Waals surface area contributed by atoms with E-state index in [1.807, 2.05) is 6.92 Å². The fraction of sp³-hybridized carbons (Fsp3) is 0.938. The highest BCUT2D eigenvalue weighted by Gasteiger charge is 2.29. The van der Waals surface area contributed by atoms with Gasteiger partial charge in [-0.15, -0.1) is 0 Å². The van der Waals surface area contributed by atoms with Crippen molar-refractivity contribution in [2.45, 2.75) is 44.6 Å². The first-order chi connectivity index (χ1) is 10.7. The first-order valence-corrected chi connectivity index (χ1v) is 8.62. The summed E-state index contributed by atoms with van der Waals surface area (Å²) in [6, 6.07) is 0. The largest absolute Gasteiger partial charge is 0.388 e. The van der Waals surface area contributed by atoms with Crippen LogP contribution in [0, 0.1) is 5.92 Å². The summed E-state index contributed by atoms with van der Waals surface area (Å²) in [6.45, 7) is 7.06. The molecule has 6 heteroatoms. The minimum Gasteiger partial charge on any atom is -0.388 e. The van der Waals surface area contributed by atoms with Crippen LogP contribution in [-0.4, -0.2) is 62.7 Å². The second-order valence-electron chi connectivity index (χ2n) is 6.33. The fourth-order valence-electron chi connectivity index (χ4n) is 2.39.